The Morgan fingerprint density at radius 3 is 2.38 bits per heavy atom. The molecule has 0 amide bonds. The van der Waals surface area contributed by atoms with E-state index >= 15 is 0 Å². The molecule has 0 heterocycles. The molecule has 1 atom stereocenters. The van der Waals surface area contributed by atoms with Crippen molar-refractivity contribution in [2.45, 2.75) is 59.4 Å². The Kier molecular flexibility index (Phi) is 8.21. The van der Waals surface area contributed by atoms with E-state index < -0.39 is 0 Å². The molecule has 0 saturated carbocycles. The first kappa shape index (κ1) is 17.8. The maximum Gasteiger partial charge on any atom is 0.126 e. The van der Waals surface area contributed by atoms with Gasteiger partial charge in [0.15, 0.2) is 0 Å². The fraction of sp³-hybridized carbons (Fsp3) is 0.667. The summed E-state index contributed by atoms with van der Waals surface area (Å²) in [6.07, 6.45) is 4.12. The number of ether oxygens (including phenoxy) is 2. The molecular weight excluding hydrogens is 262 g/mol. The molecule has 0 aromatic heterocycles. The van der Waals surface area contributed by atoms with Gasteiger partial charge in [-0.1, -0.05) is 39.7 Å². The fourth-order valence-corrected chi connectivity index (χ4v) is 2.23. The van der Waals surface area contributed by atoms with E-state index in [1.165, 1.54) is 5.56 Å². The van der Waals surface area contributed by atoms with Crippen molar-refractivity contribution in [2.24, 2.45) is 11.7 Å². The Morgan fingerprint density at radius 2 is 1.81 bits per heavy atom. The predicted octanol–water partition coefficient (Wildman–Crippen LogP) is 4.18. The summed E-state index contributed by atoms with van der Waals surface area (Å²) in [7, 11) is 0. The van der Waals surface area contributed by atoms with Gasteiger partial charge in [-0.15, -0.1) is 0 Å². The molecule has 0 spiro atoms. The van der Waals surface area contributed by atoms with E-state index in [1.807, 2.05) is 19.1 Å². The molecule has 3 heteroatoms. The zero-order chi connectivity index (χ0) is 15.7. The third-order valence-electron chi connectivity index (χ3n) is 3.68. The largest absolute Gasteiger partial charge is 0.493 e. The highest BCUT2D eigenvalue weighted by molar-refractivity contribution is 5.41. The normalized spacial score (nSPS) is 12.5. The van der Waals surface area contributed by atoms with Crippen LogP contribution in [0.3, 0.4) is 0 Å². The topological polar surface area (TPSA) is 44.5 Å². The molecule has 1 aromatic rings. The standard InChI is InChI=1S/C18H31NO2/c1-5-10-20-17-9-8-16(11-14(4)19)18(12-17)21-13-15(6-2)7-3/h8-9,12,14-15H,5-7,10-11,13,19H2,1-4H3. The van der Waals surface area contributed by atoms with Gasteiger partial charge in [-0.2, -0.15) is 0 Å². The van der Waals surface area contributed by atoms with Crippen molar-refractivity contribution in [3.05, 3.63) is 23.8 Å². The molecule has 21 heavy (non-hydrogen) atoms. The summed E-state index contributed by atoms with van der Waals surface area (Å²) in [5.74, 6) is 2.41. The van der Waals surface area contributed by atoms with Crippen LogP contribution in [-0.2, 0) is 6.42 Å². The minimum Gasteiger partial charge on any atom is -0.493 e. The van der Waals surface area contributed by atoms with E-state index in [-0.39, 0.29) is 6.04 Å². The monoisotopic (exact) mass is 293 g/mol. The maximum absolute atomic E-state index is 6.07. The van der Waals surface area contributed by atoms with Crippen molar-refractivity contribution in [1.29, 1.82) is 0 Å². The molecule has 0 saturated heterocycles. The Morgan fingerprint density at radius 1 is 1.10 bits per heavy atom. The second kappa shape index (κ2) is 9.67. The summed E-state index contributed by atoms with van der Waals surface area (Å²) in [6.45, 7) is 10.0. The van der Waals surface area contributed by atoms with Crippen molar-refractivity contribution in [3.63, 3.8) is 0 Å². The summed E-state index contributed by atoms with van der Waals surface area (Å²) in [5.41, 5.74) is 7.10. The lowest BCUT2D eigenvalue weighted by Gasteiger charge is -2.18. The molecule has 0 bridgehead atoms. The molecule has 0 aliphatic carbocycles. The van der Waals surface area contributed by atoms with Gasteiger partial charge in [-0.25, -0.2) is 0 Å². The van der Waals surface area contributed by atoms with Gasteiger partial charge in [0.25, 0.3) is 0 Å². The van der Waals surface area contributed by atoms with E-state index in [0.717, 1.165) is 50.4 Å². The number of rotatable bonds is 10. The highest BCUT2D eigenvalue weighted by atomic mass is 16.5. The van der Waals surface area contributed by atoms with Crippen molar-refractivity contribution in [1.82, 2.24) is 0 Å². The van der Waals surface area contributed by atoms with E-state index in [4.69, 9.17) is 15.2 Å². The first-order valence-corrected chi connectivity index (χ1v) is 8.24. The highest BCUT2D eigenvalue weighted by Gasteiger charge is 2.11. The first-order valence-electron chi connectivity index (χ1n) is 8.24. The SMILES string of the molecule is CCCOc1ccc(CC(C)N)c(OCC(CC)CC)c1. The zero-order valence-electron chi connectivity index (χ0n) is 14.0. The van der Waals surface area contributed by atoms with Crippen LogP contribution in [0.5, 0.6) is 11.5 Å². The highest BCUT2D eigenvalue weighted by Crippen LogP contribution is 2.27. The van der Waals surface area contributed by atoms with Gasteiger partial charge in [-0.05, 0) is 37.3 Å². The second-order valence-corrected chi connectivity index (χ2v) is 5.79. The minimum atomic E-state index is 0.128. The van der Waals surface area contributed by atoms with Crippen LogP contribution in [0.2, 0.25) is 0 Å². The van der Waals surface area contributed by atoms with Crippen LogP contribution in [0.1, 0.15) is 52.5 Å². The predicted molar refractivity (Wildman–Crippen MR) is 89.1 cm³/mol. The Balaban J connectivity index is 2.82. The van der Waals surface area contributed by atoms with Gasteiger partial charge in [0.2, 0.25) is 0 Å². The summed E-state index contributed by atoms with van der Waals surface area (Å²) < 4.78 is 11.8. The third kappa shape index (κ3) is 6.38. The van der Waals surface area contributed by atoms with Crippen LogP contribution in [0, 0.1) is 5.92 Å². The summed E-state index contributed by atoms with van der Waals surface area (Å²) in [5, 5.41) is 0. The summed E-state index contributed by atoms with van der Waals surface area (Å²) in [4.78, 5) is 0. The molecule has 1 aromatic carbocycles. The molecule has 3 nitrogen and oxygen atoms in total. The lowest BCUT2D eigenvalue weighted by molar-refractivity contribution is 0.236. The molecule has 0 aliphatic heterocycles. The molecule has 1 unspecified atom stereocenters. The Labute approximate surface area is 129 Å². The van der Waals surface area contributed by atoms with Crippen LogP contribution < -0.4 is 15.2 Å². The van der Waals surface area contributed by atoms with Crippen LogP contribution in [0.4, 0.5) is 0 Å². The Hall–Kier alpha value is -1.22. The average Bonchev–Trinajstić information content (AvgIpc) is 2.47. The second-order valence-electron chi connectivity index (χ2n) is 5.79. The van der Waals surface area contributed by atoms with Gasteiger partial charge < -0.3 is 15.2 Å². The average molecular weight is 293 g/mol. The van der Waals surface area contributed by atoms with E-state index in [1.54, 1.807) is 0 Å². The first-order chi connectivity index (χ1) is 10.1. The number of hydrogen-bond acceptors (Lipinski definition) is 3. The van der Waals surface area contributed by atoms with Crippen LogP contribution in [0.15, 0.2) is 18.2 Å². The molecule has 2 N–H and O–H groups in total. The molecule has 1 rings (SSSR count). The molecule has 120 valence electrons. The van der Waals surface area contributed by atoms with Gasteiger partial charge in [-0.3, -0.25) is 0 Å². The van der Waals surface area contributed by atoms with Crippen LogP contribution >= 0.6 is 0 Å². The zero-order valence-corrected chi connectivity index (χ0v) is 14.0. The molecule has 0 radical (unpaired) electrons. The lowest BCUT2D eigenvalue weighted by Crippen LogP contribution is -2.19. The van der Waals surface area contributed by atoms with Crippen LogP contribution in [0.25, 0.3) is 0 Å². The third-order valence-corrected chi connectivity index (χ3v) is 3.68. The van der Waals surface area contributed by atoms with E-state index in [9.17, 15) is 0 Å². The fourth-order valence-electron chi connectivity index (χ4n) is 2.23. The summed E-state index contributed by atoms with van der Waals surface area (Å²) >= 11 is 0. The number of hydrogen-bond donors (Lipinski definition) is 1. The lowest BCUT2D eigenvalue weighted by atomic mass is 10.0. The summed E-state index contributed by atoms with van der Waals surface area (Å²) in [6, 6.07) is 6.23. The van der Waals surface area contributed by atoms with Crippen LogP contribution in [-0.4, -0.2) is 19.3 Å². The van der Waals surface area contributed by atoms with Crippen molar-refractivity contribution in [2.75, 3.05) is 13.2 Å². The van der Waals surface area contributed by atoms with Gasteiger partial charge in [0.1, 0.15) is 11.5 Å². The van der Waals surface area contributed by atoms with Crippen molar-refractivity contribution in [3.8, 4) is 11.5 Å². The van der Waals surface area contributed by atoms with Crippen molar-refractivity contribution >= 4 is 0 Å². The Bertz CT molecular complexity index is 400. The van der Waals surface area contributed by atoms with E-state index in [0.29, 0.717) is 5.92 Å². The maximum atomic E-state index is 6.07. The number of nitrogens with two attached hydrogens (primary N) is 1. The molecule has 0 fully saturated rings. The van der Waals surface area contributed by atoms with Gasteiger partial charge in [0.05, 0.1) is 13.2 Å². The molecule has 0 aliphatic rings. The van der Waals surface area contributed by atoms with Gasteiger partial charge in [0, 0.05) is 12.1 Å². The minimum absolute atomic E-state index is 0.128. The molecular formula is C18H31NO2. The quantitative estimate of drug-likeness (QED) is 0.704. The number of benzene rings is 1. The van der Waals surface area contributed by atoms with Gasteiger partial charge >= 0.3 is 0 Å². The smallest absolute Gasteiger partial charge is 0.126 e. The van der Waals surface area contributed by atoms with E-state index in [2.05, 4.69) is 26.8 Å². The van der Waals surface area contributed by atoms with Crippen molar-refractivity contribution < 1.29 is 9.47 Å².